The van der Waals surface area contributed by atoms with Gasteiger partial charge in [-0.25, -0.2) is 4.79 Å². The zero-order chi connectivity index (χ0) is 33.6. The molecular weight excluding hydrogens is 625 g/mol. The monoisotopic (exact) mass is 656 g/mol. The summed E-state index contributed by atoms with van der Waals surface area (Å²) in [6.07, 6.45) is -17.2. The number of fused-ring (bicyclic) bond motifs is 2. The lowest BCUT2D eigenvalue weighted by Crippen LogP contribution is -2.59. The second kappa shape index (κ2) is 12.8. The van der Waals surface area contributed by atoms with Gasteiger partial charge in [0, 0.05) is 24.8 Å². The van der Waals surface area contributed by atoms with Crippen LogP contribution in [-0.4, -0.2) is 89.2 Å². The minimum absolute atomic E-state index is 0.0612. The second-order valence-electron chi connectivity index (χ2n) is 10.8. The van der Waals surface area contributed by atoms with Gasteiger partial charge in [-0.15, -0.1) is 0 Å². The van der Waals surface area contributed by atoms with Crippen LogP contribution in [0.5, 0.6) is 11.5 Å². The number of carbonyl (C=O) groups is 1. The predicted octanol–water partition coefficient (Wildman–Crippen LogP) is 1.85. The fraction of sp³-hybridized carbons (Fsp3) is 0.467. The highest BCUT2D eigenvalue weighted by atomic mass is 19.4. The van der Waals surface area contributed by atoms with E-state index in [2.05, 4.69) is 0 Å². The third kappa shape index (κ3) is 5.59. The number of aliphatic hydroxyl groups is 4. The van der Waals surface area contributed by atoms with E-state index in [-0.39, 0.29) is 35.1 Å². The number of aromatic hydroxyl groups is 1. The molecule has 3 aromatic rings. The smallest absolute Gasteiger partial charge is 0.432 e. The highest BCUT2D eigenvalue weighted by Gasteiger charge is 2.64. The number of hydrogen-bond acceptors (Lipinski definition) is 13. The van der Waals surface area contributed by atoms with E-state index in [0.717, 1.165) is 18.2 Å². The van der Waals surface area contributed by atoms with Gasteiger partial charge in [-0.2, -0.15) is 13.2 Å². The van der Waals surface area contributed by atoms with Crippen molar-refractivity contribution in [3.05, 3.63) is 69.6 Å². The Morgan fingerprint density at radius 1 is 1.00 bits per heavy atom. The van der Waals surface area contributed by atoms with E-state index in [4.69, 9.17) is 28.1 Å². The Labute approximate surface area is 258 Å². The molecule has 8 atom stereocenters. The lowest BCUT2D eigenvalue weighted by Gasteiger charge is -2.41. The molecule has 1 saturated heterocycles. The minimum Gasteiger partial charge on any atom is -0.507 e. The Morgan fingerprint density at radius 3 is 2.28 bits per heavy atom. The van der Waals surface area contributed by atoms with Crippen molar-refractivity contribution in [2.45, 2.75) is 67.5 Å². The van der Waals surface area contributed by atoms with Crippen molar-refractivity contribution in [2.24, 2.45) is 0 Å². The maximum atomic E-state index is 14.6. The van der Waals surface area contributed by atoms with E-state index in [1.54, 1.807) is 0 Å². The Hall–Kier alpha value is -3.77. The third-order valence-corrected chi connectivity index (χ3v) is 8.12. The first-order valence-electron chi connectivity index (χ1n) is 14.0. The van der Waals surface area contributed by atoms with Gasteiger partial charge in [-0.3, -0.25) is 4.79 Å². The van der Waals surface area contributed by atoms with Crippen LogP contribution in [0.4, 0.5) is 13.2 Å². The van der Waals surface area contributed by atoms with Crippen LogP contribution in [-0.2, 0) is 29.3 Å². The molecule has 13 nitrogen and oxygen atoms in total. The molecule has 0 bridgehead atoms. The van der Waals surface area contributed by atoms with Crippen LogP contribution < -0.4 is 10.2 Å². The molecule has 1 fully saturated rings. The van der Waals surface area contributed by atoms with Crippen LogP contribution in [0.15, 0.2) is 51.7 Å². The summed E-state index contributed by atoms with van der Waals surface area (Å²) in [6.45, 7) is -0.769. The van der Waals surface area contributed by atoms with E-state index in [1.165, 1.54) is 31.4 Å². The average Bonchev–Trinajstić information content (AvgIpc) is 3.02. The SMILES string of the molecule is COc1cc(O)c2c(=O)c3c(oc2c1)[C@H](OC(=O)[C@](OC)(c1ccccc1)C(F)(F)F)CC[C@@H]3O[C@@H]1O[C@H](CO)[C@@H](O)[C@H](O)[C@H]1O. The minimum atomic E-state index is -5.30. The first-order chi connectivity index (χ1) is 21.8. The summed E-state index contributed by atoms with van der Waals surface area (Å²) in [5, 5.41) is 50.7. The van der Waals surface area contributed by atoms with Crippen molar-refractivity contribution >= 4 is 16.9 Å². The van der Waals surface area contributed by atoms with Crippen molar-refractivity contribution in [2.75, 3.05) is 20.8 Å². The molecule has 2 aromatic carbocycles. The van der Waals surface area contributed by atoms with Crippen molar-refractivity contribution in [3.63, 3.8) is 0 Å². The summed E-state index contributed by atoms with van der Waals surface area (Å²) in [6, 6.07) is 8.45. The Balaban J connectivity index is 1.60. The summed E-state index contributed by atoms with van der Waals surface area (Å²) < 4.78 is 76.3. The van der Waals surface area contributed by atoms with Crippen LogP contribution in [0.1, 0.15) is 41.9 Å². The number of carbonyl (C=O) groups excluding carboxylic acids is 1. The van der Waals surface area contributed by atoms with Gasteiger partial charge in [0.05, 0.1) is 25.4 Å². The number of alkyl halides is 3. The van der Waals surface area contributed by atoms with E-state index in [1.807, 2.05) is 0 Å². The van der Waals surface area contributed by atoms with Gasteiger partial charge in [0.15, 0.2) is 18.2 Å². The van der Waals surface area contributed by atoms with E-state index < -0.39 is 89.8 Å². The lowest BCUT2D eigenvalue weighted by molar-refractivity contribution is -0.314. The van der Waals surface area contributed by atoms with Gasteiger partial charge >= 0.3 is 12.1 Å². The van der Waals surface area contributed by atoms with Crippen LogP contribution in [0, 0.1) is 0 Å². The molecule has 1 aliphatic heterocycles. The normalized spacial score (nSPS) is 27.9. The van der Waals surface area contributed by atoms with Crippen molar-refractivity contribution < 1.29 is 71.6 Å². The molecule has 16 heteroatoms. The molecule has 2 heterocycles. The number of benzene rings is 2. The van der Waals surface area contributed by atoms with Crippen molar-refractivity contribution in [1.29, 1.82) is 0 Å². The number of halogens is 3. The highest BCUT2D eigenvalue weighted by molar-refractivity contribution is 5.86. The maximum absolute atomic E-state index is 14.6. The molecule has 0 amide bonds. The fourth-order valence-corrected chi connectivity index (χ4v) is 5.73. The number of rotatable bonds is 8. The molecule has 0 unspecified atom stereocenters. The summed E-state index contributed by atoms with van der Waals surface area (Å²) in [7, 11) is 1.97. The molecule has 46 heavy (non-hydrogen) atoms. The molecular formula is C30H31F3O13. The fourth-order valence-electron chi connectivity index (χ4n) is 5.73. The number of phenols is 1. The van der Waals surface area contributed by atoms with Gasteiger partial charge in [-0.05, 0) is 12.8 Å². The van der Waals surface area contributed by atoms with Crippen LogP contribution >= 0.6 is 0 Å². The molecule has 5 rings (SSSR count). The molecule has 2 aliphatic rings. The zero-order valence-corrected chi connectivity index (χ0v) is 24.3. The topological polar surface area (TPSA) is 195 Å². The predicted molar refractivity (Wildman–Crippen MR) is 148 cm³/mol. The van der Waals surface area contributed by atoms with Crippen LogP contribution in [0.25, 0.3) is 11.0 Å². The van der Waals surface area contributed by atoms with E-state index in [9.17, 15) is 48.3 Å². The molecule has 250 valence electrons. The summed E-state index contributed by atoms with van der Waals surface area (Å²) >= 11 is 0. The van der Waals surface area contributed by atoms with E-state index >= 15 is 0 Å². The Bertz CT molecular complexity index is 1630. The highest BCUT2D eigenvalue weighted by Crippen LogP contribution is 2.47. The quantitative estimate of drug-likeness (QED) is 0.221. The zero-order valence-electron chi connectivity index (χ0n) is 24.3. The number of aliphatic hydroxyl groups excluding tert-OH is 4. The van der Waals surface area contributed by atoms with Crippen LogP contribution in [0.2, 0.25) is 0 Å². The standard InChI is InChI=1S/C30H31F3O13/c1-41-14-10-15(35)20-18(11-14)43-26-17(46-28(40)29(42-2,30(31,32)33)13-6-4-3-5-7-13)9-8-16(21(26)23(20)37)44-27-25(39)24(38)22(36)19(12-34)45-27/h3-7,10-11,16-17,19,22,24-25,27,34-36,38-39H,8-9,12H2,1-2H3/t16-,17+,19+,22+,24-,25+,27+,29+/m0/s1. The first kappa shape index (κ1) is 33.6. The summed E-state index contributed by atoms with van der Waals surface area (Å²) in [5.41, 5.74) is -5.68. The van der Waals surface area contributed by atoms with Gasteiger partial charge in [-0.1, -0.05) is 30.3 Å². The maximum Gasteiger partial charge on any atom is 0.432 e. The average molecular weight is 657 g/mol. The van der Waals surface area contributed by atoms with Crippen molar-refractivity contribution in [3.8, 4) is 11.5 Å². The number of ether oxygens (including phenoxy) is 5. The Kier molecular flexibility index (Phi) is 9.34. The van der Waals surface area contributed by atoms with Gasteiger partial charge in [0.25, 0.3) is 5.60 Å². The number of methoxy groups -OCH3 is 2. The first-order valence-corrected chi connectivity index (χ1v) is 14.0. The molecule has 1 aromatic heterocycles. The molecule has 0 spiro atoms. The Morgan fingerprint density at radius 2 is 1.67 bits per heavy atom. The largest absolute Gasteiger partial charge is 0.507 e. The van der Waals surface area contributed by atoms with Gasteiger partial charge in [0.1, 0.15) is 46.9 Å². The van der Waals surface area contributed by atoms with Gasteiger partial charge < -0.3 is 53.6 Å². The lowest BCUT2D eigenvalue weighted by atomic mass is 9.89. The summed E-state index contributed by atoms with van der Waals surface area (Å²) in [5.74, 6) is -2.80. The number of hydrogen-bond donors (Lipinski definition) is 5. The number of phenolic OH excluding ortho intramolecular Hbond substituents is 1. The third-order valence-electron chi connectivity index (χ3n) is 8.12. The number of esters is 1. The van der Waals surface area contributed by atoms with E-state index in [0.29, 0.717) is 7.11 Å². The van der Waals surface area contributed by atoms with Gasteiger partial charge in [0.2, 0.25) is 5.43 Å². The molecule has 1 aliphatic carbocycles. The van der Waals surface area contributed by atoms with Crippen LogP contribution in [0.3, 0.4) is 0 Å². The second-order valence-corrected chi connectivity index (χ2v) is 10.8. The molecule has 0 saturated carbocycles. The molecule has 5 N–H and O–H groups in total. The summed E-state index contributed by atoms with van der Waals surface area (Å²) in [4.78, 5) is 27.4. The van der Waals surface area contributed by atoms with Crippen molar-refractivity contribution in [1.82, 2.24) is 0 Å². The molecule has 0 radical (unpaired) electrons.